The number of amides is 1. The Kier molecular flexibility index (Phi) is 4.71. The molecule has 0 saturated heterocycles. The molecule has 4 nitrogen and oxygen atoms in total. The summed E-state index contributed by atoms with van der Waals surface area (Å²) in [5.41, 5.74) is 1.63. The number of carbonyl (C=O) groups is 1. The van der Waals surface area contributed by atoms with Gasteiger partial charge < -0.3 is 4.74 Å². The minimum atomic E-state index is -0.297. The van der Waals surface area contributed by atoms with Crippen molar-refractivity contribution in [1.82, 2.24) is 4.98 Å². The summed E-state index contributed by atoms with van der Waals surface area (Å²) in [6, 6.07) is 11.0. The number of benzene rings is 2. The highest BCUT2D eigenvalue weighted by Crippen LogP contribution is 2.32. The van der Waals surface area contributed by atoms with Crippen molar-refractivity contribution >= 4 is 55.8 Å². The molecule has 3 rings (SSSR count). The van der Waals surface area contributed by atoms with Crippen LogP contribution in [-0.2, 0) is 4.79 Å². The molecular weight excluding hydrogens is 355 g/mol. The van der Waals surface area contributed by atoms with E-state index in [1.165, 1.54) is 11.3 Å². The Balaban J connectivity index is 1.66. The smallest absolute Gasteiger partial charge is 0.264 e. The number of carbonyl (C=O) groups excluding carboxylic acids is 1. The second kappa shape index (κ2) is 6.74. The third-order valence-corrected chi connectivity index (χ3v) is 4.53. The zero-order chi connectivity index (χ0) is 16.4. The predicted molar refractivity (Wildman–Crippen MR) is 94.9 cm³/mol. The molecule has 0 saturated carbocycles. The Labute approximate surface area is 147 Å². The van der Waals surface area contributed by atoms with E-state index >= 15 is 0 Å². The van der Waals surface area contributed by atoms with Crippen molar-refractivity contribution in [1.29, 1.82) is 0 Å². The van der Waals surface area contributed by atoms with Crippen LogP contribution in [0.4, 0.5) is 5.13 Å². The van der Waals surface area contributed by atoms with Crippen LogP contribution in [0, 0.1) is 6.92 Å². The summed E-state index contributed by atoms with van der Waals surface area (Å²) in [6.07, 6.45) is 0. The third-order valence-electron chi connectivity index (χ3n) is 3.08. The molecular formula is C16H12Cl2N2O2S. The van der Waals surface area contributed by atoms with E-state index in [0.717, 1.165) is 15.8 Å². The van der Waals surface area contributed by atoms with Gasteiger partial charge in [0.05, 0.1) is 15.2 Å². The molecule has 0 radical (unpaired) electrons. The zero-order valence-corrected chi connectivity index (χ0v) is 14.4. The molecule has 0 spiro atoms. The van der Waals surface area contributed by atoms with E-state index in [1.807, 2.05) is 31.2 Å². The Bertz CT molecular complexity index is 823. The number of aromatic nitrogens is 1. The van der Waals surface area contributed by atoms with Crippen LogP contribution >= 0.6 is 34.5 Å². The number of nitrogens with zero attached hydrogens (tertiary/aromatic N) is 1. The molecule has 0 aliphatic heterocycles. The van der Waals surface area contributed by atoms with Gasteiger partial charge in [0.2, 0.25) is 0 Å². The molecule has 0 fully saturated rings. The van der Waals surface area contributed by atoms with Crippen molar-refractivity contribution in [2.75, 3.05) is 11.9 Å². The molecule has 1 heterocycles. The monoisotopic (exact) mass is 366 g/mol. The normalized spacial score (nSPS) is 10.7. The van der Waals surface area contributed by atoms with Crippen LogP contribution in [0.5, 0.6) is 5.75 Å². The molecule has 7 heteroatoms. The number of hydrogen-bond donors (Lipinski definition) is 1. The van der Waals surface area contributed by atoms with Gasteiger partial charge in [0.1, 0.15) is 5.75 Å². The van der Waals surface area contributed by atoms with Gasteiger partial charge in [-0.05, 0) is 36.8 Å². The van der Waals surface area contributed by atoms with Gasteiger partial charge in [-0.3, -0.25) is 10.1 Å². The maximum atomic E-state index is 12.0. The molecule has 0 aliphatic carbocycles. The molecule has 0 aliphatic rings. The van der Waals surface area contributed by atoms with E-state index in [0.29, 0.717) is 20.9 Å². The second-order valence-electron chi connectivity index (χ2n) is 4.86. The first-order valence-corrected chi connectivity index (χ1v) is 8.34. The third kappa shape index (κ3) is 3.75. The van der Waals surface area contributed by atoms with Crippen LogP contribution in [0.1, 0.15) is 5.56 Å². The summed E-state index contributed by atoms with van der Waals surface area (Å²) in [5, 5.41) is 4.17. The van der Waals surface area contributed by atoms with Crippen LogP contribution in [0.15, 0.2) is 36.4 Å². The van der Waals surface area contributed by atoms with E-state index in [4.69, 9.17) is 27.9 Å². The zero-order valence-electron chi connectivity index (χ0n) is 12.1. The number of halogens is 2. The van der Waals surface area contributed by atoms with Crippen LogP contribution in [0.2, 0.25) is 10.0 Å². The number of anilines is 1. The number of hydrogen-bond acceptors (Lipinski definition) is 4. The van der Waals surface area contributed by atoms with Gasteiger partial charge >= 0.3 is 0 Å². The van der Waals surface area contributed by atoms with Crippen molar-refractivity contribution in [2.45, 2.75) is 6.92 Å². The number of ether oxygens (including phenoxy) is 1. The fraction of sp³-hybridized carbons (Fsp3) is 0.125. The molecule has 1 amide bonds. The predicted octanol–water partition coefficient (Wildman–Crippen LogP) is 4.93. The fourth-order valence-electron chi connectivity index (χ4n) is 2.09. The number of para-hydroxylation sites is 1. The molecule has 0 atom stereocenters. The van der Waals surface area contributed by atoms with Gasteiger partial charge in [-0.15, -0.1) is 0 Å². The molecule has 118 valence electrons. The number of nitrogens with one attached hydrogen (secondary N) is 1. The van der Waals surface area contributed by atoms with Crippen molar-refractivity contribution in [3.05, 3.63) is 52.0 Å². The van der Waals surface area contributed by atoms with E-state index in [1.54, 1.807) is 12.1 Å². The second-order valence-corrected chi connectivity index (χ2v) is 6.73. The van der Waals surface area contributed by atoms with Crippen LogP contribution in [0.3, 0.4) is 0 Å². The van der Waals surface area contributed by atoms with Crippen molar-refractivity contribution in [3.63, 3.8) is 0 Å². The first kappa shape index (κ1) is 16.1. The maximum Gasteiger partial charge on any atom is 0.264 e. The number of aryl methyl sites for hydroxylation is 1. The van der Waals surface area contributed by atoms with E-state index in [2.05, 4.69) is 10.3 Å². The van der Waals surface area contributed by atoms with E-state index < -0.39 is 0 Å². The first-order chi connectivity index (χ1) is 11.0. The topological polar surface area (TPSA) is 51.2 Å². The number of rotatable bonds is 4. The lowest BCUT2D eigenvalue weighted by Gasteiger charge is -2.10. The van der Waals surface area contributed by atoms with Gasteiger partial charge in [0.25, 0.3) is 5.91 Å². The molecule has 1 N–H and O–H groups in total. The van der Waals surface area contributed by atoms with Gasteiger partial charge in [0.15, 0.2) is 11.7 Å². The molecule has 1 aromatic heterocycles. The molecule has 3 aromatic rings. The van der Waals surface area contributed by atoms with Crippen LogP contribution < -0.4 is 10.1 Å². The summed E-state index contributed by atoms with van der Waals surface area (Å²) >= 11 is 13.4. The molecule has 2 aromatic carbocycles. The summed E-state index contributed by atoms with van der Waals surface area (Å²) in [4.78, 5) is 16.4. The minimum absolute atomic E-state index is 0.155. The SMILES string of the molecule is Cc1cc(Cl)cc(Cl)c1OCC(=O)Nc1nc2ccccc2s1. The average molecular weight is 367 g/mol. The summed E-state index contributed by atoms with van der Waals surface area (Å²) in [7, 11) is 0. The molecule has 23 heavy (non-hydrogen) atoms. The Morgan fingerprint density at radius 3 is 2.83 bits per heavy atom. The summed E-state index contributed by atoms with van der Waals surface area (Å²) < 4.78 is 6.52. The lowest BCUT2D eigenvalue weighted by atomic mass is 10.2. The largest absolute Gasteiger partial charge is 0.482 e. The van der Waals surface area contributed by atoms with Gasteiger partial charge in [0, 0.05) is 5.02 Å². The lowest BCUT2D eigenvalue weighted by Crippen LogP contribution is -2.20. The summed E-state index contributed by atoms with van der Waals surface area (Å²) in [5.74, 6) is 0.157. The Hall–Kier alpha value is -1.82. The van der Waals surface area contributed by atoms with E-state index in [-0.39, 0.29) is 12.5 Å². The quantitative estimate of drug-likeness (QED) is 0.712. The average Bonchev–Trinajstić information content (AvgIpc) is 2.88. The molecule has 0 unspecified atom stereocenters. The highest BCUT2D eigenvalue weighted by atomic mass is 35.5. The van der Waals surface area contributed by atoms with Gasteiger partial charge in [-0.1, -0.05) is 46.7 Å². The van der Waals surface area contributed by atoms with Crippen molar-refractivity contribution in [2.24, 2.45) is 0 Å². The van der Waals surface area contributed by atoms with Gasteiger partial charge in [-0.2, -0.15) is 0 Å². The lowest BCUT2D eigenvalue weighted by molar-refractivity contribution is -0.118. The number of thiazole rings is 1. The van der Waals surface area contributed by atoms with Crippen molar-refractivity contribution < 1.29 is 9.53 Å². The standard InChI is InChI=1S/C16H12Cl2N2O2S/c1-9-6-10(17)7-11(18)15(9)22-8-14(21)20-16-19-12-4-2-3-5-13(12)23-16/h2-7H,8H2,1H3,(H,19,20,21). The Morgan fingerprint density at radius 2 is 2.09 bits per heavy atom. The highest BCUT2D eigenvalue weighted by molar-refractivity contribution is 7.22. The number of fused-ring (bicyclic) bond motifs is 1. The minimum Gasteiger partial charge on any atom is -0.482 e. The highest BCUT2D eigenvalue weighted by Gasteiger charge is 2.12. The first-order valence-electron chi connectivity index (χ1n) is 6.77. The van der Waals surface area contributed by atoms with Crippen molar-refractivity contribution in [3.8, 4) is 5.75 Å². The van der Waals surface area contributed by atoms with E-state index in [9.17, 15) is 4.79 Å². The van der Waals surface area contributed by atoms with Gasteiger partial charge in [-0.25, -0.2) is 4.98 Å². The van der Waals surface area contributed by atoms with Crippen LogP contribution in [0.25, 0.3) is 10.2 Å². The molecule has 0 bridgehead atoms. The maximum absolute atomic E-state index is 12.0. The van der Waals surface area contributed by atoms with Crippen LogP contribution in [-0.4, -0.2) is 17.5 Å². The fourth-order valence-corrected chi connectivity index (χ4v) is 3.62. The summed E-state index contributed by atoms with van der Waals surface area (Å²) in [6.45, 7) is 1.66. The Morgan fingerprint density at radius 1 is 1.30 bits per heavy atom.